The van der Waals surface area contributed by atoms with Gasteiger partial charge in [0.25, 0.3) is 0 Å². The third kappa shape index (κ3) is 3.55. The molecule has 4 nitrogen and oxygen atoms in total. The van der Waals surface area contributed by atoms with Crippen LogP contribution in [0.5, 0.6) is 0 Å². The maximum atomic E-state index is 12.9. The van der Waals surface area contributed by atoms with E-state index in [1.165, 1.54) is 0 Å². The lowest BCUT2D eigenvalue weighted by atomic mass is 10.0. The normalized spacial score (nSPS) is 12.2. The number of H-pyrrole nitrogens is 1. The number of rotatable bonds is 5. The van der Waals surface area contributed by atoms with E-state index in [0.29, 0.717) is 5.69 Å². The number of aromatic amines is 1. The van der Waals surface area contributed by atoms with Gasteiger partial charge >= 0.3 is 5.97 Å². The van der Waals surface area contributed by atoms with Crippen LogP contribution in [-0.2, 0) is 4.74 Å². The second-order valence-electron chi connectivity index (χ2n) is 6.45. The zero-order valence-electron chi connectivity index (χ0n) is 15.2. The van der Waals surface area contributed by atoms with Crippen molar-refractivity contribution in [1.29, 1.82) is 0 Å². The molecule has 0 fully saturated rings. The molecule has 1 atom stereocenters. The lowest BCUT2D eigenvalue weighted by molar-refractivity contribution is 0.0370. The topological polar surface area (TPSA) is 62.3 Å². The van der Waals surface area contributed by atoms with Crippen molar-refractivity contribution in [2.75, 3.05) is 0 Å². The Morgan fingerprint density at radius 1 is 0.962 bits per heavy atom. The predicted molar refractivity (Wildman–Crippen MR) is 101 cm³/mol. The first-order chi connectivity index (χ1) is 12.5. The molecule has 0 unspecified atom stereocenters. The summed E-state index contributed by atoms with van der Waals surface area (Å²) in [6.07, 6.45) is -1.14. The first kappa shape index (κ1) is 18.0. The Hall–Kier alpha value is -2.85. The van der Waals surface area contributed by atoms with E-state index in [-0.39, 0.29) is 0 Å². The van der Waals surface area contributed by atoms with Crippen molar-refractivity contribution in [2.24, 2.45) is 0 Å². The lowest BCUT2D eigenvalue weighted by Crippen LogP contribution is -2.14. The van der Waals surface area contributed by atoms with Gasteiger partial charge < -0.3 is 14.8 Å². The molecule has 0 saturated heterocycles. The lowest BCUT2D eigenvalue weighted by Gasteiger charge is -2.19. The Labute approximate surface area is 153 Å². The zero-order valence-corrected chi connectivity index (χ0v) is 15.2. The number of aromatic nitrogens is 1. The average molecular weight is 349 g/mol. The van der Waals surface area contributed by atoms with Crippen LogP contribution in [0, 0.1) is 13.8 Å². The number of carbonyl (C=O) groups excluding carboxylic acids is 1. The minimum Gasteiger partial charge on any atom is -0.448 e. The summed E-state index contributed by atoms with van der Waals surface area (Å²) in [4.78, 5) is 15.9. The Morgan fingerprint density at radius 3 is 1.88 bits per heavy atom. The number of aliphatic hydroxyl groups is 1. The van der Waals surface area contributed by atoms with Crippen molar-refractivity contribution in [3.05, 3.63) is 94.3 Å². The van der Waals surface area contributed by atoms with Gasteiger partial charge in [-0.15, -0.1) is 0 Å². The molecule has 1 heterocycles. The minimum absolute atomic E-state index is 0.385. The highest BCUT2D eigenvalue weighted by atomic mass is 16.5. The largest absolute Gasteiger partial charge is 0.448 e. The van der Waals surface area contributed by atoms with Crippen molar-refractivity contribution >= 4 is 5.97 Å². The molecule has 134 valence electrons. The van der Waals surface area contributed by atoms with Gasteiger partial charge in [0.1, 0.15) is 5.69 Å². The van der Waals surface area contributed by atoms with Crippen LogP contribution in [0.4, 0.5) is 0 Å². The van der Waals surface area contributed by atoms with Crippen LogP contribution in [0.1, 0.15) is 57.6 Å². The van der Waals surface area contributed by atoms with Gasteiger partial charge in [-0.1, -0.05) is 60.7 Å². The average Bonchev–Trinajstić information content (AvgIpc) is 2.95. The molecule has 3 aromatic rings. The molecule has 1 aromatic heterocycles. The van der Waals surface area contributed by atoms with Gasteiger partial charge in [-0.3, -0.25) is 0 Å². The van der Waals surface area contributed by atoms with E-state index in [9.17, 15) is 9.90 Å². The molecule has 2 N–H and O–H groups in total. The maximum absolute atomic E-state index is 12.9. The number of hydrogen-bond donors (Lipinski definition) is 2. The van der Waals surface area contributed by atoms with Crippen LogP contribution in [0.15, 0.2) is 60.7 Å². The van der Waals surface area contributed by atoms with Crippen molar-refractivity contribution in [2.45, 2.75) is 33.0 Å². The Balaban J connectivity index is 1.95. The SMILES string of the molecule is Cc1[nH]c(C(=O)OC(c2ccccc2)c2ccccc2)c(C)c1[C@H](C)O. The van der Waals surface area contributed by atoms with Crippen LogP contribution in [0.2, 0.25) is 0 Å². The van der Waals surface area contributed by atoms with Gasteiger partial charge in [-0.2, -0.15) is 0 Å². The van der Waals surface area contributed by atoms with E-state index in [2.05, 4.69) is 4.98 Å². The fraction of sp³-hybridized carbons (Fsp3) is 0.227. The molecule has 0 aliphatic rings. The number of esters is 1. The number of carbonyl (C=O) groups is 1. The fourth-order valence-electron chi connectivity index (χ4n) is 3.35. The van der Waals surface area contributed by atoms with E-state index in [1.54, 1.807) is 6.92 Å². The second kappa shape index (κ2) is 7.58. The highest BCUT2D eigenvalue weighted by molar-refractivity contribution is 5.90. The van der Waals surface area contributed by atoms with E-state index in [4.69, 9.17) is 4.74 Å². The highest BCUT2D eigenvalue weighted by Gasteiger charge is 2.25. The van der Waals surface area contributed by atoms with Crippen LogP contribution < -0.4 is 0 Å². The standard InChI is InChI=1S/C22H23NO3/c1-14-19(16(3)24)15(2)23-20(14)22(25)26-21(17-10-6-4-7-11-17)18-12-8-5-9-13-18/h4-13,16,21,23-24H,1-3H3/t16-/m0/s1. The Kier molecular flexibility index (Phi) is 5.24. The van der Waals surface area contributed by atoms with Gasteiger partial charge in [-0.25, -0.2) is 4.79 Å². The Bertz CT molecular complexity index is 843. The van der Waals surface area contributed by atoms with Crippen molar-refractivity contribution < 1.29 is 14.6 Å². The minimum atomic E-state index is -0.646. The molecule has 4 heteroatoms. The van der Waals surface area contributed by atoms with Gasteiger partial charge in [0, 0.05) is 11.3 Å². The second-order valence-corrected chi connectivity index (χ2v) is 6.45. The van der Waals surface area contributed by atoms with Gasteiger partial charge in [0.15, 0.2) is 6.10 Å². The smallest absolute Gasteiger partial charge is 0.355 e. The van der Waals surface area contributed by atoms with Crippen molar-refractivity contribution in [3.8, 4) is 0 Å². The Morgan fingerprint density at radius 2 is 1.46 bits per heavy atom. The van der Waals surface area contributed by atoms with Gasteiger partial charge in [0.2, 0.25) is 0 Å². The van der Waals surface area contributed by atoms with Crippen LogP contribution in [0.25, 0.3) is 0 Å². The summed E-state index contributed by atoms with van der Waals surface area (Å²) in [6, 6.07) is 19.3. The van der Waals surface area contributed by atoms with Crippen molar-refractivity contribution in [1.82, 2.24) is 4.98 Å². The molecule has 2 aromatic carbocycles. The number of ether oxygens (including phenoxy) is 1. The predicted octanol–water partition coefficient (Wildman–Crippen LogP) is 4.63. The summed E-state index contributed by atoms with van der Waals surface area (Å²) in [5.74, 6) is -0.435. The molecule has 0 saturated carbocycles. The van der Waals surface area contributed by atoms with Crippen LogP contribution in [0.3, 0.4) is 0 Å². The van der Waals surface area contributed by atoms with Gasteiger partial charge in [-0.05, 0) is 37.5 Å². The van der Waals surface area contributed by atoms with Gasteiger partial charge in [0.05, 0.1) is 6.10 Å². The first-order valence-electron chi connectivity index (χ1n) is 8.67. The summed E-state index contributed by atoms with van der Waals surface area (Å²) in [5.41, 5.74) is 4.44. The van der Waals surface area contributed by atoms with Crippen LogP contribution >= 0.6 is 0 Å². The third-order valence-corrected chi connectivity index (χ3v) is 4.55. The molecule has 0 aliphatic carbocycles. The number of aryl methyl sites for hydroxylation is 1. The number of nitrogens with one attached hydrogen (secondary N) is 1. The molecular weight excluding hydrogens is 326 g/mol. The number of aliphatic hydroxyl groups excluding tert-OH is 1. The molecular formula is C22H23NO3. The van der Waals surface area contributed by atoms with E-state index < -0.39 is 18.2 Å². The molecule has 26 heavy (non-hydrogen) atoms. The maximum Gasteiger partial charge on any atom is 0.355 e. The van der Waals surface area contributed by atoms with Crippen molar-refractivity contribution in [3.63, 3.8) is 0 Å². The first-order valence-corrected chi connectivity index (χ1v) is 8.67. The number of hydrogen-bond acceptors (Lipinski definition) is 3. The molecule has 0 spiro atoms. The third-order valence-electron chi connectivity index (χ3n) is 4.55. The summed E-state index contributed by atoms with van der Waals surface area (Å²) in [5, 5.41) is 9.95. The molecule has 0 aliphatic heterocycles. The summed E-state index contributed by atoms with van der Waals surface area (Å²) in [6.45, 7) is 5.36. The highest BCUT2D eigenvalue weighted by Crippen LogP contribution is 2.29. The van der Waals surface area contributed by atoms with E-state index in [0.717, 1.165) is 27.9 Å². The van der Waals surface area contributed by atoms with E-state index in [1.807, 2.05) is 74.5 Å². The van der Waals surface area contributed by atoms with Crippen LogP contribution in [-0.4, -0.2) is 16.1 Å². The molecule has 3 rings (SSSR count). The summed E-state index contributed by atoms with van der Waals surface area (Å²) < 4.78 is 5.89. The number of benzene rings is 2. The quantitative estimate of drug-likeness (QED) is 0.660. The molecule has 0 radical (unpaired) electrons. The fourth-order valence-corrected chi connectivity index (χ4v) is 3.35. The zero-order chi connectivity index (χ0) is 18.7. The summed E-state index contributed by atoms with van der Waals surface area (Å²) in [7, 11) is 0. The monoisotopic (exact) mass is 349 g/mol. The molecule has 0 bridgehead atoms. The van der Waals surface area contributed by atoms with E-state index >= 15 is 0 Å². The molecule has 0 amide bonds. The summed E-state index contributed by atoms with van der Waals surface area (Å²) >= 11 is 0.